The molecule has 1 heterocycles. The highest BCUT2D eigenvalue weighted by atomic mass is 79.9. The van der Waals surface area contributed by atoms with Crippen molar-refractivity contribution in [3.63, 3.8) is 0 Å². The van der Waals surface area contributed by atoms with Gasteiger partial charge in [-0.1, -0.05) is 15.9 Å². The van der Waals surface area contributed by atoms with Gasteiger partial charge in [0.15, 0.2) is 0 Å². The molecule has 0 radical (unpaired) electrons. The molecule has 0 spiro atoms. The first kappa shape index (κ1) is 11.0. The van der Waals surface area contributed by atoms with Crippen molar-refractivity contribution in [3.05, 3.63) is 28.2 Å². The van der Waals surface area contributed by atoms with Crippen LogP contribution in [-0.2, 0) is 0 Å². The Morgan fingerprint density at radius 3 is 3.00 bits per heavy atom. The summed E-state index contributed by atoms with van der Waals surface area (Å²) in [6, 6.07) is 6.15. The zero-order chi connectivity index (χ0) is 10.7. The Bertz CT molecular complexity index is 334. The van der Waals surface area contributed by atoms with Gasteiger partial charge in [0, 0.05) is 11.0 Å². The second-order valence-electron chi connectivity index (χ2n) is 4.00. The molecule has 1 aromatic carbocycles. The lowest BCUT2D eigenvalue weighted by molar-refractivity contribution is 0.166. The summed E-state index contributed by atoms with van der Waals surface area (Å²) in [5.41, 5.74) is 1.19. The normalized spacial score (nSPS) is 21.3. The van der Waals surface area contributed by atoms with Gasteiger partial charge in [-0.05, 0) is 50.1 Å². The average Bonchev–Trinajstić information content (AvgIpc) is 2.24. The molecule has 1 N–H and O–H groups in total. The Balaban J connectivity index is 2.03. The average molecular weight is 270 g/mol. The van der Waals surface area contributed by atoms with Crippen molar-refractivity contribution in [3.8, 4) is 5.75 Å². The van der Waals surface area contributed by atoms with E-state index in [2.05, 4.69) is 34.2 Å². The second kappa shape index (κ2) is 4.99. The lowest BCUT2D eigenvalue weighted by Crippen LogP contribution is -2.37. The van der Waals surface area contributed by atoms with E-state index >= 15 is 0 Å². The van der Waals surface area contributed by atoms with Gasteiger partial charge in [0.2, 0.25) is 0 Å². The van der Waals surface area contributed by atoms with E-state index in [1.807, 2.05) is 12.1 Å². The highest BCUT2D eigenvalue weighted by Gasteiger charge is 2.14. The number of ether oxygens (including phenoxy) is 1. The van der Waals surface area contributed by atoms with E-state index in [0.717, 1.165) is 29.7 Å². The summed E-state index contributed by atoms with van der Waals surface area (Å²) in [6.07, 6.45) is 2.70. The number of nitrogens with one attached hydrogen (secondary N) is 1. The molecule has 1 atom stereocenters. The summed E-state index contributed by atoms with van der Waals surface area (Å²) in [5.74, 6) is 1.01. The van der Waals surface area contributed by atoms with Crippen molar-refractivity contribution in [1.82, 2.24) is 5.32 Å². The van der Waals surface area contributed by atoms with Crippen molar-refractivity contribution in [2.24, 2.45) is 0 Å². The lowest BCUT2D eigenvalue weighted by atomic mass is 10.1. The molecule has 15 heavy (non-hydrogen) atoms. The maximum Gasteiger partial charge on any atom is 0.122 e. The maximum atomic E-state index is 5.96. The number of benzene rings is 1. The first-order valence-electron chi connectivity index (χ1n) is 5.39. The van der Waals surface area contributed by atoms with Gasteiger partial charge in [-0.25, -0.2) is 0 Å². The van der Waals surface area contributed by atoms with Crippen LogP contribution >= 0.6 is 15.9 Å². The Morgan fingerprint density at radius 1 is 1.47 bits per heavy atom. The standard InChI is InChI=1S/C12H16BrNO/c1-9-7-10(13)4-5-12(9)15-11-3-2-6-14-8-11/h4-5,7,11,14H,2-3,6,8H2,1H3/t11-/m0/s1. The molecular formula is C12H16BrNO. The number of hydrogen-bond acceptors (Lipinski definition) is 2. The summed E-state index contributed by atoms with van der Waals surface area (Å²) in [5, 5.41) is 3.35. The third-order valence-electron chi connectivity index (χ3n) is 2.68. The van der Waals surface area contributed by atoms with Crippen molar-refractivity contribution < 1.29 is 4.74 Å². The van der Waals surface area contributed by atoms with Gasteiger partial charge in [0.05, 0.1) is 0 Å². The molecule has 1 fully saturated rings. The van der Waals surface area contributed by atoms with E-state index in [0.29, 0.717) is 6.10 Å². The van der Waals surface area contributed by atoms with Crippen LogP contribution in [0.1, 0.15) is 18.4 Å². The van der Waals surface area contributed by atoms with Crippen molar-refractivity contribution >= 4 is 15.9 Å². The van der Waals surface area contributed by atoms with E-state index in [1.54, 1.807) is 0 Å². The lowest BCUT2D eigenvalue weighted by Gasteiger charge is -2.24. The maximum absolute atomic E-state index is 5.96. The molecular weight excluding hydrogens is 254 g/mol. The molecule has 2 rings (SSSR count). The minimum Gasteiger partial charge on any atom is -0.489 e. The predicted molar refractivity (Wildman–Crippen MR) is 65.4 cm³/mol. The van der Waals surface area contributed by atoms with Crippen LogP contribution in [0.4, 0.5) is 0 Å². The van der Waals surface area contributed by atoms with Crippen molar-refractivity contribution in [1.29, 1.82) is 0 Å². The van der Waals surface area contributed by atoms with Crippen LogP contribution in [0.25, 0.3) is 0 Å². The number of hydrogen-bond donors (Lipinski definition) is 1. The number of rotatable bonds is 2. The van der Waals surface area contributed by atoms with E-state index in [-0.39, 0.29) is 0 Å². The van der Waals surface area contributed by atoms with Crippen LogP contribution in [0.15, 0.2) is 22.7 Å². The Morgan fingerprint density at radius 2 is 2.33 bits per heavy atom. The molecule has 1 aliphatic rings. The minimum atomic E-state index is 0.332. The molecule has 0 aromatic heterocycles. The summed E-state index contributed by atoms with van der Waals surface area (Å²) in [4.78, 5) is 0. The third-order valence-corrected chi connectivity index (χ3v) is 3.18. The first-order chi connectivity index (χ1) is 7.25. The van der Waals surface area contributed by atoms with Crippen LogP contribution < -0.4 is 10.1 Å². The van der Waals surface area contributed by atoms with Gasteiger partial charge in [-0.2, -0.15) is 0 Å². The van der Waals surface area contributed by atoms with Crippen LogP contribution in [-0.4, -0.2) is 19.2 Å². The van der Waals surface area contributed by atoms with Gasteiger partial charge in [-0.3, -0.25) is 0 Å². The SMILES string of the molecule is Cc1cc(Br)ccc1O[C@H]1CCCNC1. The fourth-order valence-electron chi connectivity index (χ4n) is 1.85. The number of aryl methyl sites for hydroxylation is 1. The van der Waals surface area contributed by atoms with Gasteiger partial charge in [-0.15, -0.1) is 0 Å². The van der Waals surface area contributed by atoms with Crippen LogP contribution in [0.5, 0.6) is 5.75 Å². The van der Waals surface area contributed by atoms with Crippen LogP contribution in [0, 0.1) is 6.92 Å². The molecule has 1 saturated heterocycles. The van der Waals surface area contributed by atoms with Gasteiger partial charge in [0.1, 0.15) is 11.9 Å². The van der Waals surface area contributed by atoms with Gasteiger partial charge < -0.3 is 10.1 Å². The summed E-state index contributed by atoms with van der Waals surface area (Å²) in [6.45, 7) is 4.17. The van der Waals surface area contributed by atoms with Crippen molar-refractivity contribution in [2.45, 2.75) is 25.9 Å². The topological polar surface area (TPSA) is 21.3 Å². The first-order valence-corrected chi connectivity index (χ1v) is 6.18. The molecule has 0 unspecified atom stereocenters. The summed E-state index contributed by atoms with van der Waals surface area (Å²) >= 11 is 3.45. The Labute approximate surface area is 99.1 Å². The smallest absolute Gasteiger partial charge is 0.122 e. The van der Waals surface area contributed by atoms with Crippen molar-refractivity contribution in [2.75, 3.05) is 13.1 Å². The molecule has 0 amide bonds. The second-order valence-corrected chi connectivity index (χ2v) is 4.91. The minimum absolute atomic E-state index is 0.332. The Kier molecular flexibility index (Phi) is 3.65. The molecule has 0 saturated carbocycles. The molecule has 0 bridgehead atoms. The van der Waals surface area contributed by atoms with E-state index in [4.69, 9.17) is 4.74 Å². The number of halogens is 1. The summed E-state index contributed by atoms with van der Waals surface area (Å²) in [7, 11) is 0. The van der Waals surface area contributed by atoms with Crippen LogP contribution in [0.2, 0.25) is 0 Å². The third kappa shape index (κ3) is 2.95. The molecule has 82 valence electrons. The summed E-state index contributed by atoms with van der Waals surface area (Å²) < 4.78 is 7.06. The molecule has 1 aliphatic heterocycles. The predicted octanol–water partition coefficient (Wildman–Crippen LogP) is 2.89. The fraction of sp³-hybridized carbons (Fsp3) is 0.500. The van der Waals surface area contributed by atoms with Gasteiger partial charge in [0.25, 0.3) is 0 Å². The van der Waals surface area contributed by atoms with Crippen LogP contribution in [0.3, 0.4) is 0 Å². The van der Waals surface area contributed by atoms with E-state index in [9.17, 15) is 0 Å². The highest BCUT2D eigenvalue weighted by Crippen LogP contribution is 2.24. The Hall–Kier alpha value is -0.540. The van der Waals surface area contributed by atoms with E-state index < -0.39 is 0 Å². The monoisotopic (exact) mass is 269 g/mol. The molecule has 0 aliphatic carbocycles. The highest BCUT2D eigenvalue weighted by molar-refractivity contribution is 9.10. The van der Waals surface area contributed by atoms with Gasteiger partial charge >= 0.3 is 0 Å². The molecule has 3 heteroatoms. The largest absolute Gasteiger partial charge is 0.489 e. The fourth-order valence-corrected chi connectivity index (χ4v) is 2.32. The van der Waals surface area contributed by atoms with E-state index in [1.165, 1.54) is 12.0 Å². The zero-order valence-corrected chi connectivity index (χ0v) is 10.5. The quantitative estimate of drug-likeness (QED) is 0.892. The molecule has 2 nitrogen and oxygen atoms in total. The zero-order valence-electron chi connectivity index (χ0n) is 8.92. The number of piperidine rings is 1. The molecule has 1 aromatic rings.